The molecule has 1 atom stereocenters. The first-order valence-electron chi connectivity index (χ1n) is 3.41. The van der Waals surface area contributed by atoms with Crippen LogP contribution < -0.4 is 0 Å². The summed E-state index contributed by atoms with van der Waals surface area (Å²) in [6.45, 7) is 1.97. The van der Waals surface area contributed by atoms with Gasteiger partial charge in [0.2, 0.25) is 0 Å². The van der Waals surface area contributed by atoms with E-state index in [-0.39, 0.29) is 5.78 Å². The zero-order valence-corrected chi connectivity index (χ0v) is 6.37. The Bertz CT molecular complexity index is 133. The van der Waals surface area contributed by atoms with Crippen LogP contribution in [0.25, 0.3) is 0 Å². The van der Waals surface area contributed by atoms with Crippen molar-refractivity contribution in [2.45, 2.75) is 37.5 Å². The van der Waals surface area contributed by atoms with E-state index < -0.39 is 4.87 Å². The fourth-order valence-electron chi connectivity index (χ4n) is 1.27. The summed E-state index contributed by atoms with van der Waals surface area (Å²) < 4.78 is 0. The Morgan fingerprint density at radius 1 is 1.78 bits per heavy atom. The molecule has 1 aliphatic rings. The van der Waals surface area contributed by atoms with Crippen LogP contribution in [0.2, 0.25) is 0 Å². The van der Waals surface area contributed by atoms with Crippen LogP contribution in [0.5, 0.6) is 0 Å². The van der Waals surface area contributed by atoms with Gasteiger partial charge in [-0.25, -0.2) is 0 Å². The molecule has 1 aliphatic carbocycles. The molecule has 1 rings (SSSR count). The molecule has 0 aliphatic heterocycles. The predicted molar refractivity (Wildman–Crippen MR) is 37.7 cm³/mol. The maximum atomic E-state index is 11.0. The minimum atomic E-state index is -0.472. The first-order chi connectivity index (χ1) is 4.19. The van der Waals surface area contributed by atoms with Gasteiger partial charge in [0, 0.05) is 6.42 Å². The van der Waals surface area contributed by atoms with Crippen molar-refractivity contribution in [3.8, 4) is 0 Å². The minimum absolute atomic E-state index is 0.242. The molecule has 0 radical (unpaired) electrons. The Balaban J connectivity index is 2.67. The lowest BCUT2D eigenvalue weighted by Crippen LogP contribution is -2.24. The molecule has 0 aromatic heterocycles. The molecule has 0 amide bonds. The molecule has 0 bridgehead atoms. The van der Waals surface area contributed by atoms with Crippen molar-refractivity contribution in [2.75, 3.05) is 0 Å². The summed E-state index contributed by atoms with van der Waals surface area (Å²) in [5, 5.41) is 0. The molecule has 0 N–H and O–H groups in total. The second-order valence-corrected chi connectivity index (χ2v) is 3.32. The Morgan fingerprint density at radius 3 is 2.67 bits per heavy atom. The summed E-state index contributed by atoms with van der Waals surface area (Å²) in [7, 11) is 0. The minimum Gasteiger partial charge on any atom is -0.298 e. The fourth-order valence-corrected chi connectivity index (χ4v) is 1.49. The molecule has 2 heteroatoms. The van der Waals surface area contributed by atoms with Crippen LogP contribution in [0, 0.1) is 0 Å². The SMILES string of the molecule is CCC1(Cl)CCCC1=O. The van der Waals surface area contributed by atoms with E-state index >= 15 is 0 Å². The third kappa shape index (κ3) is 1.11. The number of hydrogen-bond acceptors (Lipinski definition) is 1. The maximum Gasteiger partial charge on any atom is 0.153 e. The quantitative estimate of drug-likeness (QED) is 0.518. The molecule has 0 spiro atoms. The maximum absolute atomic E-state index is 11.0. The molecule has 9 heavy (non-hydrogen) atoms. The van der Waals surface area contributed by atoms with E-state index in [9.17, 15) is 4.79 Å². The second-order valence-electron chi connectivity index (χ2n) is 2.60. The molecule has 1 saturated carbocycles. The summed E-state index contributed by atoms with van der Waals surface area (Å²) >= 11 is 5.96. The molecule has 0 aromatic rings. The largest absolute Gasteiger partial charge is 0.298 e. The third-order valence-corrected chi connectivity index (χ3v) is 2.70. The highest BCUT2D eigenvalue weighted by molar-refractivity contribution is 6.35. The molecular weight excluding hydrogens is 136 g/mol. The van der Waals surface area contributed by atoms with Crippen LogP contribution in [0.3, 0.4) is 0 Å². The van der Waals surface area contributed by atoms with Gasteiger partial charge in [-0.15, -0.1) is 11.6 Å². The van der Waals surface area contributed by atoms with Crippen molar-refractivity contribution in [2.24, 2.45) is 0 Å². The van der Waals surface area contributed by atoms with Crippen LogP contribution in [-0.4, -0.2) is 10.7 Å². The van der Waals surface area contributed by atoms with E-state index in [2.05, 4.69) is 0 Å². The van der Waals surface area contributed by atoms with Gasteiger partial charge in [0.25, 0.3) is 0 Å². The summed E-state index contributed by atoms with van der Waals surface area (Å²) in [5.74, 6) is 0.242. The highest BCUT2D eigenvalue weighted by Crippen LogP contribution is 2.34. The molecule has 0 aromatic carbocycles. The van der Waals surface area contributed by atoms with Crippen LogP contribution in [0.1, 0.15) is 32.6 Å². The number of Topliss-reactive ketones (excluding diaryl/α,β-unsaturated/α-hetero) is 1. The number of halogens is 1. The van der Waals surface area contributed by atoms with Crippen molar-refractivity contribution in [1.29, 1.82) is 0 Å². The summed E-state index contributed by atoms with van der Waals surface area (Å²) in [6.07, 6.45) is 3.34. The third-order valence-electron chi connectivity index (χ3n) is 2.04. The van der Waals surface area contributed by atoms with E-state index in [1.165, 1.54) is 0 Å². The smallest absolute Gasteiger partial charge is 0.153 e. The highest BCUT2D eigenvalue weighted by atomic mass is 35.5. The fraction of sp³-hybridized carbons (Fsp3) is 0.857. The zero-order chi connectivity index (χ0) is 6.91. The van der Waals surface area contributed by atoms with Crippen molar-refractivity contribution in [3.63, 3.8) is 0 Å². The van der Waals surface area contributed by atoms with Gasteiger partial charge >= 0.3 is 0 Å². The van der Waals surface area contributed by atoms with Gasteiger partial charge in [0.1, 0.15) is 4.87 Å². The van der Waals surface area contributed by atoms with Crippen molar-refractivity contribution in [3.05, 3.63) is 0 Å². The predicted octanol–water partition coefficient (Wildman–Crippen LogP) is 2.13. The lowest BCUT2D eigenvalue weighted by Gasteiger charge is -2.14. The number of carbonyl (C=O) groups excluding carboxylic acids is 1. The Morgan fingerprint density at radius 2 is 2.44 bits per heavy atom. The van der Waals surface area contributed by atoms with Crippen molar-refractivity contribution >= 4 is 17.4 Å². The molecule has 1 unspecified atom stereocenters. The average molecular weight is 147 g/mol. The topological polar surface area (TPSA) is 17.1 Å². The molecule has 0 saturated heterocycles. The highest BCUT2D eigenvalue weighted by Gasteiger charge is 2.37. The van der Waals surface area contributed by atoms with Gasteiger partial charge in [-0.3, -0.25) is 4.79 Å². The number of rotatable bonds is 1. The first-order valence-corrected chi connectivity index (χ1v) is 3.79. The van der Waals surface area contributed by atoms with Crippen LogP contribution in [-0.2, 0) is 4.79 Å². The van der Waals surface area contributed by atoms with Crippen LogP contribution >= 0.6 is 11.6 Å². The van der Waals surface area contributed by atoms with Gasteiger partial charge in [-0.1, -0.05) is 6.92 Å². The van der Waals surface area contributed by atoms with E-state index in [0.29, 0.717) is 6.42 Å². The second kappa shape index (κ2) is 2.30. The van der Waals surface area contributed by atoms with Crippen LogP contribution in [0.15, 0.2) is 0 Å². The zero-order valence-electron chi connectivity index (χ0n) is 5.61. The van der Waals surface area contributed by atoms with E-state index in [4.69, 9.17) is 11.6 Å². The normalized spacial score (nSPS) is 35.6. The van der Waals surface area contributed by atoms with Crippen molar-refractivity contribution < 1.29 is 4.79 Å². The van der Waals surface area contributed by atoms with Crippen LogP contribution in [0.4, 0.5) is 0 Å². The Labute approximate surface area is 60.4 Å². The van der Waals surface area contributed by atoms with Gasteiger partial charge in [0.15, 0.2) is 5.78 Å². The number of carbonyl (C=O) groups is 1. The molecule has 1 nitrogen and oxygen atoms in total. The summed E-state index contributed by atoms with van der Waals surface area (Å²) in [4.78, 5) is 10.5. The lowest BCUT2D eigenvalue weighted by molar-refractivity contribution is -0.119. The van der Waals surface area contributed by atoms with E-state index in [0.717, 1.165) is 19.3 Å². The standard InChI is InChI=1S/C7H11ClO/c1-2-7(8)5-3-4-6(7)9/h2-5H2,1H3. The lowest BCUT2D eigenvalue weighted by atomic mass is 10.0. The number of hydrogen-bond donors (Lipinski definition) is 0. The van der Waals surface area contributed by atoms with E-state index in [1.54, 1.807) is 0 Å². The van der Waals surface area contributed by atoms with Gasteiger partial charge in [0.05, 0.1) is 0 Å². The number of alkyl halides is 1. The van der Waals surface area contributed by atoms with Gasteiger partial charge in [-0.2, -0.15) is 0 Å². The summed E-state index contributed by atoms with van der Waals surface area (Å²) in [6, 6.07) is 0. The van der Waals surface area contributed by atoms with Crippen molar-refractivity contribution in [1.82, 2.24) is 0 Å². The average Bonchev–Trinajstić information content (AvgIpc) is 2.15. The first kappa shape index (κ1) is 7.07. The molecule has 52 valence electrons. The van der Waals surface area contributed by atoms with Gasteiger partial charge < -0.3 is 0 Å². The number of ketones is 1. The summed E-state index contributed by atoms with van der Waals surface area (Å²) in [5.41, 5.74) is 0. The molecule has 0 heterocycles. The Hall–Kier alpha value is -0.0400. The molecule has 1 fully saturated rings. The Kier molecular flexibility index (Phi) is 1.80. The monoisotopic (exact) mass is 146 g/mol. The van der Waals surface area contributed by atoms with E-state index in [1.807, 2.05) is 6.92 Å². The van der Waals surface area contributed by atoms with Gasteiger partial charge in [-0.05, 0) is 19.3 Å². The molecular formula is C7H11ClO.